The molecule has 0 saturated heterocycles. The molecule has 0 aliphatic rings. The number of nitrogens with zero attached hydrogens (tertiary/aromatic N) is 2. The van der Waals surface area contributed by atoms with Gasteiger partial charge in [0.25, 0.3) is 10.0 Å². The first-order valence-electron chi connectivity index (χ1n) is 5.37. The van der Waals surface area contributed by atoms with Crippen molar-refractivity contribution in [1.82, 2.24) is 10.2 Å². The van der Waals surface area contributed by atoms with Crippen molar-refractivity contribution in [2.75, 3.05) is 10.5 Å². The maximum Gasteiger partial charge on any atom is 0.263 e. The summed E-state index contributed by atoms with van der Waals surface area (Å²) in [5.74, 6) is 0.702. The number of rotatable bonds is 6. The second-order valence-corrected chi connectivity index (χ2v) is 8.37. The SMILES string of the molecule is C=CCSc1nnc(NS(=O)(=O)c2ccc(Br)cc2)s1. The lowest BCUT2D eigenvalue weighted by molar-refractivity contribution is 0.601. The molecule has 0 atom stereocenters. The molecule has 1 aromatic carbocycles. The number of hydrogen-bond donors (Lipinski definition) is 1. The summed E-state index contributed by atoms with van der Waals surface area (Å²) >= 11 is 5.90. The number of sulfonamides is 1. The molecule has 0 aliphatic carbocycles. The quantitative estimate of drug-likeness (QED) is 0.603. The second kappa shape index (κ2) is 6.70. The molecule has 0 amide bonds. The molecule has 0 radical (unpaired) electrons. The van der Waals surface area contributed by atoms with Crippen molar-refractivity contribution < 1.29 is 8.42 Å². The van der Waals surface area contributed by atoms with E-state index in [9.17, 15) is 8.42 Å². The molecule has 0 bridgehead atoms. The molecule has 1 aromatic heterocycles. The normalized spacial score (nSPS) is 11.2. The zero-order chi connectivity index (χ0) is 14.6. The molecule has 9 heteroatoms. The zero-order valence-electron chi connectivity index (χ0n) is 10.1. The van der Waals surface area contributed by atoms with Gasteiger partial charge in [0.2, 0.25) is 5.13 Å². The smallest absolute Gasteiger partial charge is 0.253 e. The Morgan fingerprint density at radius 2 is 2.05 bits per heavy atom. The van der Waals surface area contributed by atoms with E-state index in [1.807, 2.05) is 0 Å². The van der Waals surface area contributed by atoms with Gasteiger partial charge in [-0.15, -0.1) is 16.8 Å². The summed E-state index contributed by atoms with van der Waals surface area (Å²) < 4.78 is 28.2. The molecular formula is C11H10BrN3O2S3. The molecular weight excluding hydrogens is 382 g/mol. The predicted octanol–water partition coefficient (Wildman–Crippen LogP) is 3.38. The van der Waals surface area contributed by atoms with E-state index < -0.39 is 10.0 Å². The first-order chi connectivity index (χ1) is 9.51. The fourth-order valence-electron chi connectivity index (χ4n) is 1.23. The second-order valence-electron chi connectivity index (χ2n) is 3.53. The third-order valence-electron chi connectivity index (χ3n) is 2.08. The van der Waals surface area contributed by atoms with Crippen LogP contribution >= 0.6 is 39.0 Å². The Morgan fingerprint density at radius 3 is 2.70 bits per heavy atom. The Labute approximate surface area is 133 Å². The van der Waals surface area contributed by atoms with Crippen LogP contribution in [-0.4, -0.2) is 24.4 Å². The number of aromatic nitrogens is 2. The predicted molar refractivity (Wildman–Crippen MR) is 85.8 cm³/mol. The molecule has 1 N–H and O–H groups in total. The standard InChI is InChI=1S/C11H10BrN3O2S3/c1-2-7-18-11-14-13-10(19-11)15-20(16,17)9-5-3-8(12)4-6-9/h2-6H,1,7H2,(H,13,15). The number of hydrogen-bond acceptors (Lipinski definition) is 6. The number of halogens is 1. The van der Waals surface area contributed by atoms with Crippen LogP contribution in [0.5, 0.6) is 0 Å². The summed E-state index contributed by atoms with van der Waals surface area (Å²) in [5, 5.41) is 7.96. The van der Waals surface area contributed by atoms with Crippen LogP contribution in [0.15, 0.2) is 50.6 Å². The average molecular weight is 392 g/mol. The van der Waals surface area contributed by atoms with Crippen molar-refractivity contribution in [3.63, 3.8) is 0 Å². The van der Waals surface area contributed by atoms with Crippen molar-refractivity contribution in [1.29, 1.82) is 0 Å². The van der Waals surface area contributed by atoms with Crippen molar-refractivity contribution in [2.24, 2.45) is 0 Å². The summed E-state index contributed by atoms with van der Waals surface area (Å²) in [6.07, 6.45) is 1.75. The van der Waals surface area contributed by atoms with Gasteiger partial charge in [0.1, 0.15) is 0 Å². The van der Waals surface area contributed by atoms with Gasteiger partial charge in [0.05, 0.1) is 4.90 Å². The lowest BCUT2D eigenvalue weighted by Gasteiger charge is -2.04. The van der Waals surface area contributed by atoms with Crippen LogP contribution in [0.2, 0.25) is 0 Å². The van der Waals surface area contributed by atoms with Crippen LogP contribution in [0.3, 0.4) is 0 Å². The van der Waals surface area contributed by atoms with Gasteiger partial charge in [-0.25, -0.2) is 8.42 Å². The molecule has 0 spiro atoms. The maximum absolute atomic E-state index is 12.1. The Hall–Kier alpha value is -0.900. The Kier molecular flexibility index (Phi) is 5.19. The number of nitrogens with one attached hydrogen (secondary N) is 1. The minimum absolute atomic E-state index is 0.177. The summed E-state index contributed by atoms with van der Waals surface area (Å²) in [7, 11) is -3.63. The van der Waals surface area contributed by atoms with Crippen LogP contribution < -0.4 is 4.72 Å². The summed E-state index contributed by atoms with van der Waals surface area (Å²) in [4.78, 5) is 0.177. The highest BCUT2D eigenvalue weighted by atomic mass is 79.9. The van der Waals surface area contributed by atoms with Gasteiger partial charge in [0, 0.05) is 10.2 Å². The molecule has 1 heterocycles. The number of benzene rings is 1. The molecule has 5 nitrogen and oxygen atoms in total. The molecule has 0 fully saturated rings. The summed E-state index contributed by atoms with van der Waals surface area (Å²) in [6, 6.07) is 6.36. The van der Waals surface area contributed by atoms with Crippen molar-refractivity contribution in [3.8, 4) is 0 Å². The Morgan fingerprint density at radius 1 is 1.35 bits per heavy atom. The van der Waals surface area contributed by atoms with Gasteiger partial charge in [-0.2, -0.15) is 0 Å². The van der Waals surface area contributed by atoms with Crippen molar-refractivity contribution in [2.45, 2.75) is 9.24 Å². The first kappa shape index (κ1) is 15.5. The van der Waals surface area contributed by atoms with Crippen LogP contribution in [0.4, 0.5) is 5.13 Å². The lowest BCUT2D eigenvalue weighted by atomic mass is 10.4. The van der Waals surface area contributed by atoms with Gasteiger partial charge < -0.3 is 0 Å². The largest absolute Gasteiger partial charge is 0.263 e. The van der Waals surface area contributed by atoms with E-state index in [2.05, 4.69) is 37.4 Å². The van der Waals surface area contributed by atoms with E-state index in [1.165, 1.54) is 35.2 Å². The average Bonchev–Trinajstić information content (AvgIpc) is 2.83. The molecule has 20 heavy (non-hydrogen) atoms. The van der Waals surface area contributed by atoms with Gasteiger partial charge >= 0.3 is 0 Å². The molecule has 0 saturated carbocycles. The lowest BCUT2D eigenvalue weighted by Crippen LogP contribution is -2.12. The summed E-state index contributed by atoms with van der Waals surface area (Å²) in [5.41, 5.74) is 0. The highest BCUT2D eigenvalue weighted by Gasteiger charge is 2.16. The van der Waals surface area contributed by atoms with Gasteiger partial charge in [0.15, 0.2) is 4.34 Å². The van der Waals surface area contributed by atoms with E-state index >= 15 is 0 Å². The minimum Gasteiger partial charge on any atom is -0.253 e. The van der Waals surface area contributed by atoms with E-state index in [-0.39, 0.29) is 10.0 Å². The van der Waals surface area contributed by atoms with Gasteiger partial charge in [-0.1, -0.05) is 45.1 Å². The molecule has 0 unspecified atom stereocenters. The van der Waals surface area contributed by atoms with E-state index in [0.29, 0.717) is 10.1 Å². The zero-order valence-corrected chi connectivity index (χ0v) is 14.2. The highest BCUT2D eigenvalue weighted by molar-refractivity contribution is 9.10. The van der Waals surface area contributed by atoms with Gasteiger partial charge in [-0.05, 0) is 24.3 Å². The third kappa shape index (κ3) is 4.05. The fraction of sp³-hybridized carbons (Fsp3) is 0.0909. The van der Waals surface area contributed by atoms with E-state index in [4.69, 9.17) is 0 Å². The number of anilines is 1. The van der Waals surface area contributed by atoms with Crippen molar-refractivity contribution >= 4 is 54.2 Å². The Balaban J connectivity index is 2.13. The van der Waals surface area contributed by atoms with Crippen molar-refractivity contribution in [3.05, 3.63) is 41.4 Å². The highest BCUT2D eigenvalue weighted by Crippen LogP contribution is 2.27. The topological polar surface area (TPSA) is 72.0 Å². The third-order valence-corrected chi connectivity index (χ3v) is 6.06. The molecule has 2 aromatic rings. The van der Waals surface area contributed by atoms with Crippen LogP contribution in [0.25, 0.3) is 0 Å². The molecule has 0 aliphatic heterocycles. The monoisotopic (exact) mass is 391 g/mol. The number of thioether (sulfide) groups is 1. The summed E-state index contributed by atoms with van der Waals surface area (Å²) in [6.45, 7) is 3.61. The van der Waals surface area contributed by atoms with Crippen LogP contribution in [0.1, 0.15) is 0 Å². The van der Waals surface area contributed by atoms with Gasteiger partial charge in [-0.3, -0.25) is 4.72 Å². The minimum atomic E-state index is -3.63. The molecule has 106 valence electrons. The first-order valence-corrected chi connectivity index (χ1v) is 9.44. The molecule has 2 rings (SSSR count). The Bertz CT molecular complexity index is 698. The van der Waals surface area contributed by atoms with E-state index in [0.717, 1.165) is 4.47 Å². The van der Waals surface area contributed by atoms with Crippen LogP contribution in [0, 0.1) is 0 Å². The van der Waals surface area contributed by atoms with E-state index in [1.54, 1.807) is 18.2 Å². The fourth-order valence-corrected chi connectivity index (χ4v) is 4.23. The van der Waals surface area contributed by atoms with Crippen LogP contribution in [-0.2, 0) is 10.0 Å². The maximum atomic E-state index is 12.1.